The summed E-state index contributed by atoms with van der Waals surface area (Å²) in [7, 11) is -10.1. The Morgan fingerprint density at radius 2 is 0.909 bits per heavy atom. The highest BCUT2D eigenvalue weighted by Crippen LogP contribution is 2.24. The van der Waals surface area contributed by atoms with Gasteiger partial charge in [-0.2, -0.15) is 0 Å². The zero-order valence-corrected chi connectivity index (χ0v) is 12.3. The van der Waals surface area contributed by atoms with Crippen LogP contribution in [0.1, 0.15) is 0 Å². The molecule has 2 rings (SSSR count). The van der Waals surface area contributed by atoms with Crippen LogP contribution in [0, 0.1) is 11.6 Å². The van der Waals surface area contributed by atoms with Gasteiger partial charge in [0, 0.05) is 0 Å². The summed E-state index contributed by atoms with van der Waals surface area (Å²) < 4.78 is 85.8. The Kier molecular flexibility index (Phi) is 4.27. The first-order valence-electron chi connectivity index (χ1n) is 5.63. The van der Waals surface area contributed by atoms with Crippen molar-refractivity contribution in [3.05, 3.63) is 60.2 Å². The van der Waals surface area contributed by atoms with Crippen molar-refractivity contribution in [2.24, 2.45) is 0 Å². The molecule has 0 radical (unpaired) electrons. The summed E-state index contributed by atoms with van der Waals surface area (Å²) in [6, 6.07) is 5.84. The van der Waals surface area contributed by atoms with Crippen molar-refractivity contribution >= 4 is 20.0 Å². The lowest BCUT2D eigenvalue weighted by Crippen LogP contribution is -2.30. The second-order valence-electron chi connectivity index (χ2n) is 4.07. The molecule has 0 fully saturated rings. The fraction of sp³-hybridized carbons (Fsp3) is 0. The molecule has 2 aromatic rings. The number of halogens is 3. The molecule has 5 nitrogen and oxygen atoms in total. The van der Waals surface area contributed by atoms with E-state index in [1.54, 1.807) is 0 Å². The molecule has 0 bridgehead atoms. The van der Waals surface area contributed by atoms with E-state index in [4.69, 9.17) is 0 Å². The van der Waals surface area contributed by atoms with Crippen molar-refractivity contribution < 1.29 is 30.1 Å². The molecule has 0 spiro atoms. The van der Waals surface area contributed by atoms with E-state index < -0.39 is 45.4 Å². The van der Waals surface area contributed by atoms with Crippen LogP contribution in [0.2, 0.25) is 0 Å². The molecule has 0 saturated heterocycles. The number of hydrogen-bond donors (Lipinski definition) is 0. The molecule has 0 amide bonds. The zero-order chi connectivity index (χ0) is 16.5. The summed E-state index contributed by atoms with van der Waals surface area (Å²) in [5.74, 6) is -1.54. The molecule has 10 heteroatoms. The van der Waals surface area contributed by atoms with Crippen molar-refractivity contribution in [1.82, 2.24) is 3.93 Å². The van der Waals surface area contributed by atoms with Crippen LogP contribution in [0.5, 0.6) is 0 Å². The first kappa shape index (κ1) is 16.5. The number of nitrogens with zero attached hydrogens (tertiary/aromatic N) is 1. The molecular formula is C12H8F3NO4S2. The predicted molar refractivity (Wildman–Crippen MR) is 70.1 cm³/mol. The Morgan fingerprint density at radius 1 is 0.636 bits per heavy atom. The van der Waals surface area contributed by atoms with Crippen molar-refractivity contribution in [3.63, 3.8) is 0 Å². The van der Waals surface area contributed by atoms with Crippen LogP contribution in [0.3, 0.4) is 0 Å². The summed E-state index contributed by atoms with van der Waals surface area (Å²) in [5.41, 5.74) is 0. The molecule has 0 aliphatic rings. The van der Waals surface area contributed by atoms with Crippen LogP contribution in [0.25, 0.3) is 0 Å². The summed E-state index contributed by atoms with van der Waals surface area (Å²) in [6.07, 6.45) is 0. The highest BCUT2D eigenvalue weighted by atomic mass is 32.3. The smallest absolute Gasteiger partial charge is 0.207 e. The molecule has 22 heavy (non-hydrogen) atoms. The number of benzene rings is 2. The van der Waals surface area contributed by atoms with Gasteiger partial charge in [0.1, 0.15) is 11.6 Å². The van der Waals surface area contributed by atoms with Gasteiger partial charge in [0.15, 0.2) is 0 Å². The van der Waals surface area contributed by atoms with Gasteiger partial charge < -0.3 is 0 Å². The van der Waals surface area contributed by atoms with Gasteiger partial charge in [0.05, 0.1) is 13.7 Å². The lowest BCUT2D eigenvalue weighted by atomic mass is 10.4. The maximum atomic E-state index is 14.0. The summed E-state index contributed by atoms with van der Waals surface area (Å²) in [4.78, 5) is -1.50. The summed E-state index contributed by atoms with van der Waals surface area (Å²) in [5, 5.41) is 0. The van der Waals surface area contributed by atoms with Crippen LogP contribution in [0.15, 0.2) is 58.3 Å². The molecule has 2 aromatic carbocycles. The largest absolute Gasteiger partial charge is 0.283 e. The second kappa shape index (κ2) is 5.71. The minimum Gasteiger partial charge on any atom is -0.207 e. The van der Waals surface area contributed by atoms with Gasteiger partial charge in [0.25, 0.3) is 20.0 Å². The fourth-order valence-electron chi connectivity index (χ4n) is 1.51. The molecule has 0 saturated carbocycles. The first-order chi connectivity index (χ1) is 10.2. The van der Waals surface area contributed by atoms with Crippen LogP contribution in [-0.4, -0.2) is 20.8 Å². The lowest BCUT2D eigenvalue weighted by Gasteiger charge is -2.13. The highest BCUT2D eigenvalue weighted by molar-refractivity contribution is 8.03. The van der Waals surface area contributed by atoms with Gasteiger partial charge in [-0.3, -0.25) is 0 Å². The molecule has 0 aliphatic heterocycles. The van der Waals surface area contributed by atoms with Gasteiger partial charge in [0.2, 0.25) is 0 Å². The molecule has 0 N–H and O–H groups in total. The minimum absolute atomic E-state index is 0.720. The van der Waals surface area contributed by atoms with E-state index in [2.05, 4.69) is 0 Å². The third-order valence-electron chi connectivity index (χ3n) is 2.60. The summed E-state index contributed by atoms with van der Waals surface area (Å²) in [6.45, 7) is 0. The molecule has 0 heterocycles. The van der Waals surface area contributed by atoms with E-state index in [-0.39, 0.29) is 0 Å². The van der Waals surface area contributed by atoms with E-state index in [1.807, 2.05) is 0 Å². The maximum absolute atomic E-state index is 14.0. The average Bonchev–Trinajstić information content (AvgIpc) is 2.47. The highest BCUT2D eigenvalue weighted by Gasteiger charge is 2.37. The monoisotopic (exact) mass is 351 g/mol. The van der Waals surface area contributed by atoms with E-state index in [0.717, 1.165) is 48.5 Å². The molecule has 0 aliphatic carbocycles. The topological polar surface area (TPSA) is 71.5 Å². The standard InChI is InChI=1S/C12H8F3NO4S2/c13-9-1-5-11(6-2-9)21(17,18)16(15)22(19,20)12-7-3-10(14)4-8-12/h1-8H. The van der Waals surface area contributed by atoms with Gasteiger partial charge in [-0.15, -0.1) is 4.48 Å². The quantitative estimate of drug-likeness (QED) is 0.792. The van der Waals surface area contributed by atoms with E-state index >= 15 is 0 Å². The SMILES string of the molecule is O=S(=O)(c1ccc(F)cc1)N(F)S(=O)(=O)c1ccc(F)cc1. The van der Waals surface area contributed by atoms with Crippen LogP contribution >= 0.6 is 0 Å². The Hall–Kier alpha value is -1.91. The summed E-state index contributed by atoms with van der Waals surface area (Å²) >= 11 is 0. The molecule has 118 valence electrons. The first-order valence-corrected chi connectivity index (χ1v) is 8.51. The van der Waals surface area contributed by atoms with Crippen molar-refractivity contribution in [2.45, 2.75) is 9.79 Å². The maximum Gasteiger partial charge on any atom is 0.283 e. The number of sulfonamides is 2. The fourth-order valence-corrected chi connectivity index (χ4v) is 4.35. The average molecular weight is 351 g/mol. The van der Waals surface area contributed by atoms with Gasteiger partial charge in [-0.25, -0.2) is 25.6 Å². The van der Waals surface area contributed by atoms with E-state index in [9.17, 15) is 30.1 Å². The lowest BCUT2D eigenvalue weighted by molar-refractivity contribution is 0.250. The van der Waals surface area contributed by atoms with Crippen LogP contribution < -0.4 is 0 Å². The second-order valence-corrected chi connectivity index (χ2v) is 7.79. The van der Waals surface area contributed by atoms with Crippen molar-refractivity contribution in [1.29, 1.82) is 0 Å². The Morgan fingerprint density at radius 3 is 1.18 bits per heavy atom. The molecule has 0 atom stereocenters. The Balaban J connectivity index is 2.47. The molecule has 0 unspecified atom stereocenters. The number of rotatable bonds is 4. The van der Waals surface area contributed by atoms with E-state index in [0.29, 0.717) is 0 Å². The minimum atomic E-state index is -5.05. The van der Waals surface area contributed by atoms with Crippen LogP contribution in [0.4, 0.5) is 13.3 Å². The van der Waals surface area contributed by atoms with Crippen LogP contribution in [-0.2, 0) is 20.0 Å². The van der Waals surface area contributed by atoms with E-state index in [1.165, 1.54) is 0 Å². The number of hydrogen-bond acceptors (Lipinski definition) is 4. The van der Waals surface area contributed by atoms with Gasteiger partial charge in [-0.05, 0) is 48.5 Å². The van der Waals surface area contributed by atoms with Crippen molar-refractivity contribution in [2.75, 3.05) is 0 Å². The normalized spacial score (nSPS) is 12.5. The van der Waals surface area contributed by atoms with Crippen molar-refractivity contribution in [3.8, 4) is 0 Å². The third kappa shape index (κ3) is 2.98. The zero-order valence-electron chi connectivity index (χ0n) is 10.6. The Bertz CT molecular complexity index is 803. The third-order valence-corrected chi connectivity index (χ3v) is 6.27. The molecule has 0 aromatic heterocycles. The predicted octanol–water partition coefficient (Wildman–Crippen LogP) is 2.23. The van der Waals surface area contributed by atoms with Gasteiger partial charge in [-0.1, -0.05) is 0 Å². The Labute approximate surface area is 124 Å². The molecular weight excluding hydrogens is 343 g/mol. The van der Waals surface area contributed by atoms with Gasteiger partial charge >= 0.3 is 0 Å².